The first-order valence-electron chi connectivity index (χ1n) is 10.4. The fourth-order valence-corrected chi connectivity index (χ4v) is 3.96. The molecule has 0 aromatic heterocycles. The lowest BCUT2D eigenvalue weighted by molar-refractivity contribution is -1.02. The minimum Gasteiger partial charge on any atom is -0.497 e. The molecule has 1 aliphatic heterocycles. The zero-order chi connectivity index (χ0) is 21.5. The summed E-state index contributed by atoms with van der Waals surface area (Å²) in [5, 5.41) is 3.04. The number of halogens is 1. The maximum atomic E-state index is 13.6. The van der Waals surface area contributed by atoms with Crippen LogP contribution in [0.2, 0.25) is 0 Å². The molecule has 1 heterocycles. The molecular formula is C23H32FN3O3+2. The Hall–Kier alpha value is -2.64. The minimum atomic E-state index is -0.239. The summed E-state index contributed by atoms with van der Waals surface area (Å²) in [5.74, 6) is 1.36. The number of carbonyl (C=O) groups excluding carboxylic acids is 1. The van der Waals surface area contributed by atoms with Gasteiger partial charge in [-0.1, -0.05) is 12.1 Å². The first-order valence-corrected chi connectivity index (χ1v) is 10.4. The van der Waals surface area contributed by atoms with Gasteiger partial charge in [-0.05, 0) is 42.8 Å². The van der Waals surface area contributed by atoms with Crippen molar-refractivity contribution in [1.82, 2.24) is 5.32 Å². The van der Waals surface area contributed by atoms with Crippen LogP contribution in [0.4, 0.5) is 4.39 Å². The molecule has 1 atom stereocenters. The maximum absolute atomic E-state index is 13.6. The quantitative estimate of drug-likeness (QED) is 0.559. The Morgan fingerprint density at radius 2 is 1.77 bits per heavy atom. The first-order chi connectivity index (χ1) is 14.5. The number of hydrogen-bond acceptors (Lipinski definition) is 3. The Bertz CT molecular complexity index is 836. The van der Waals surface area contributed by atoms with E-state index in [9.17, 15) is 9.18 Å². The summed E-state index contributed by atoms with van der Waals surface area (Å²) in [6.45, 7) is 6.91. The van der Waals surface area contributed by atoms with E-state index >= 15 is 0 Å². The van der Waals surface area contributed by atoms with Crippen LogP contribution >= 0.6 is 0 Å². The number of carbonyl (C=O) groups is 1. The van der Waals surface area contributed by atoms with Crippen LogP contribution in [0.1, 0.15) is 18.1 Å². The van der Waals surface area contributed by atoms with Crippen LogP contribution < -0.4 is 24.6 Å². The van der Waals surface area contributed by atoms with Crippen molar-refractivity contribution < 1.29 is 28.5 Å². The van der Waals surface area contributed by atoms with Gasteiger partial charge in [-0.3, -0.25) is 4.79 Å². The van der Waals surface area contributed by atoms with Gasteiger partial charge in [0.05, 0.1) is 19.8 Å². The topological polar surface area (TPSA) is 56.4 Å². The second-order valence-electron chi connectivity index (χ2n) is 7.83. The van der Waals surface area contributed by atoms with E-state index in [0.717, 1.165) is 55.3 Å². The third kappa shape index (κ3) is 5.70. The molecule has 162 valence electrons. The third-order valence-corrected chi connectivity index (χ3v) is 5.91. The third-order valence-electron chi connectivity index (χ3n) is 5.91. The van der Waals surface area contributed by atoms with Crippen molar-refractivity contribution in [2.45, 2.75) is 26.1 Å². The van der Waals surface area contributed by atoms with Crippen LogP contribution in [0, 0.1) is 5.82 Å². The van der Waals surface area contributed by atoms with Gasteiger partial charge >= 0.3 is 0 Å². The highest BCUT2D eigenvalue weighted by atomic mass is 19.1. The molecule has 1 amide bonds. The van der Waals surface area contributed by atoms with Gasteiger partial charge in [0.15, 0.2) is 6.04 Å². The second kappa shape index (κ2) is 10.4. The van der Waals surface area contributed by atoms with E-state index in [-0.39, 0.29) is 17.8 Å². The zero-order valence-corrected chi connectivity index (χ0v) is 18.0. The monoisotopic (exact) mass is 417 g/mol. The number of quaternary nitrogens is 2. The summed E-state index contributed by atoms with van der Waals surface area (Å²) in [4.78, 5) is 15.3. The summed E-state index contributed by atoms with van der Waals surface area (Å²) in [5.41, 5.74) is 1.94. The van der Waals surface area contributed by atoms with E-state index in [1.54, 1.807) is 26.4 Å². The smallest absolute Gasteiger partial charge is 0.278 e. The van der Waals surface area contributed by atoms with Crippen molar-refractivity contribution in [2.75, 3.05) is 40.4 Å². The molecule has 30 heavy (non-hydrogen) atoms. The lowest BCUT2D eigenvalue weighted by Gasteiger charge is -2.32. The molecule has 1 saturated heterocycles. The normalized spacial score (nSPS) is 19.7. The number of ether oxygens (including phenoxy) is 2. The molecule has 7 heteroatoms. The van der Waals surface area contributed by atoms with Crippen LogP contribution in [-0.4, -0.2) is 52.3 Å². The van der Waals surface area contributed by atoms with Crippen LogP contribution in [-0.2, 0) is 17.9 Å². The van der Waals surface area contributed by atoms with E-state index in [1.165, 1.54) is 15.9 Å². The Balaban J connectivity index is 1.46. The van der Waals surface area contributed by atoms with E-state index in [4.69, 9.17) is 9.47 Å². The van der Waals surface area contributed by atoms with Crippen molar-refractivity contribution in [1.29, 1.82) is 0 Å². The van der Waals surface area contributed by atoms with Gasteiger partial charge in [0.2, 0.25) is 0 Å². The van der Waals surface area contributed by atoms with Crippen LogP contribution in [0.15, 0.2) is 42.5 Å². The number of amides is 1. The lowest BCUT2D eigenvalue weighted by atomic mass is 10.1. The Kier molecular flexibility index (Phi) is 7.65. The van der Waals surface area contributed by atoms with Crippen LogP contribution in [0.25, 0.3) is 0 Å². The predicted molar refractivity (Wildman–Crippen MR) is 112 cm³/mol. The fraction of sp³-hybridized carbons (Fsp3) is 0.435. The van der Waals surface area contributed by atoms with Gasteiger partial charge in [-0.2, -0.15) is 0 Å². The molecule has 3 rings (SSSR count). The summed E-state index contributed by atoms with van der Waals surface area (Å²) in [7, 11) is 3.25. The van der Waals surface area contributed by atoms with E-state index in [1.807, 2.05) is 31.2 Å². The number of benzene rings is 2. The minimum absolute atomic E-state index is 0.0658. The summed E-state index contributed by atoms with van der Waals surface area (Å²) in [6.07, 6.45) is 0. The van der Waals surface area contributed by atoms with Gasteiger partial charge in [0.25, 0.3) is 5.91 Å². The van der Waals surface area contributed by atoms with Crippen LogP contribution in [0.5, 0.6) is 11.5 Å². The highest BCUT2D eigenvalue weighted by Gasteiger charge is 2.31. The van der Waals surface area contributed by atoms with E-state index in [0.29, 0.717) is 6.54 Å². The molecule has 2 aromatic rings. The van der Waals surface area contributed by atoms with Crippen LogP contribution in [0.3, 0.4) is 0 Å². The summed E-state index contributed by atoms with van der Waals surface area (Å²) < 4.78 is 24.1. The maximum Gasteiger partial charge on any atom is 0.278 e. The van der Waals surface area contributed by atoms with E-state index in [2.05, 4.69) is 5.32 Å². The van der Waals surface area contributed by atoms with Gasteiger partial charge in [-0.25, -0.2) is 4.39 Å². The van der Waals surface area contributed by atoms with Crippen molar-refractivity contribution in [3.8, 4) is 11.5 Å². The van der Waals surface area contributed by atoms with Crippen molar-refractivity contribution in [3.63, 3.8) is 0 Å². The van der Waals surface area contributed by atoms with E-state index < -0.39 is 0 Å². The SMILES string of the molecule is COc1ccc(CNC(=O)[C@@H](C)[NH+]2CC[NH+](Cc3cc(F)ccc3OC)CC2)cc1. The highest BCUT2D eigenvalue weighted by molar-refractivity contribution is 5.79. The molecular weight excluding hydrogens is 385 g/mol. The molecule has 2 aromatic carbocycles. The van der Waals surface area contributed by atoms with Gasteiger partial charge in [0, 0.05) is 6.54 Å². The average molecular weight is 418 g/mol. The largest absolute Gasteiger partial charge is 0.497 e. The lowest BCUT2D eigenvalue weighted by Crippen LogP contribution is -3.29. The number of methoxy groups -OCH3 is 2. The summed E-state index contributed by atoms with van der Waals surface area (Å²) in [6, 6.07) is 12.3. The first kappa shape index (κ1) is 22.1. The van der Waals surface area contributed by atoms with Crippen molar-refractivity contribution in [3.05, 3.63) is 59.4 Å². The predicted octanol–water partition coefficient (Wildman–Crippen LogP) is -0.169. The molecule has 0 spiro atoms. The Morgan fingerprint density at radius 3 is 2.40 bits per heavy atom. The van der Waals surface area contributed by atoms with Gasteiger partial charge in [0.1, 0.15) is 50.0 Å². The van der Waals surface area contributed by atoms with Crippen molar-refractivity contribution >= 4 is 5.91 Å². The molecule has 1 fully saturated rings. The molecule has 0 bridgehead atoms. The zero-order valence-electron chi connectivity index (χ0n) is 18.0. The summed E-state index contributed by atoms with van der Waals surface area (Å²) >= 11 is 0. The number of piperazine rings is 1. The van der Waals surface area contributed by atoms with Crippen molar-refractivity contribution in [2.24, 2.45) is 0 Å². The number of nitrogens with one attached hydrogen (secondary N) is 3. The Labute approximate surface area is 177 Å². The Morgan fingerprint density at radius 1 is 1.07 bits per heavy atom. The molecule has 0 aliphatic carbocycles. The van der Waals surface area contributed by atoms with Gasteiger partial charge < -0.3 is 24.6 Å². The van der Waals surface area contributed by atoms with Gasteiger partial charge in [-0.15, -0.1) is 0 Å². The molecule has 6 nitrogen and oxygen atoms in total. The number of hydrogen-bond donors (Lipinski definition) is 3. The molecule has 0 unspecified atom stereocenters. The second-order valence-corrected chi connectivity index (χ2v) is 7.83. The molecule has 0 radical (unpaired) electrons. The molecule has 0 saturated carbocycles. The standard InChI is InChI=1S/C23H30FN3O3/c1-17(23(28)25-15-18-4-7-21(29-2)8-5-18)27-12-10-26(11-13-27)16-19-14-20(24)6-9-22(19)30-3/h4-9,14,17H,10-13,15-16H2,1-3H3,(H,25,28)/p+2/t17-/m1/s1. The average Bonchev–Trinajstić information content (AvgIpc) is 2.78. The molecule has 3 N–H and O–H groups in total. The molecule has 1 aliphatic rings. The fourth-order valence-electron chi connectivity index (χ4n) is 3.96. The highest BCUT2D eigenvalue weighted by Crippen LogP contribution is 2.18. The number of rotatable bonds is 8.